The van der Waals surface area contributed by atoms with E-state index >= 15 is 0 Å². The number of rotatable bonds is 3. The van der Waals surface area contributed by atoms with E-state index in [0.717, 1.165) is 23.5 Å². The van der Waals surface area contributed by atoms with Crippen molar-refractivity contribution in [3.8, 4) is 0 Å². The summed E-state index contributed by atoms with van der Waals surface area (Å²) in [4.78, 5) is 15.4. The zero-order valence-electron chi connectivity index (χ0n) is 17.7. The number of hydrogen-bond acceptors (Lipinski definition) is 3. The Morgan fingerprint density at radius 1 is 1.07 bits per heavy atom. The van der Waals surface area contributed by atoms with Gasteiger partial charge in [-0.25, -0.2) is 0 Å². The highest BCUT2D eigenvalue weighted by Gasteiger charge is 2.31. The smallest absolute Gasteiger partial charge is 0.280 e. The Hall–Kier alpha value is -3.14. The molecule has 0 fully saturated rings. The van der Waals surface area contributed by atoms with E-state index in [2.05, 4.69) is 62.0 Å². The van der Waals surface area contributed by atoms with Crippen LogP contribution in [0.25, 0.3) is 11.6 Å². The Morgan fingerprint density at radius 2 is 1.79 bits per heavy atom. The first-order valence-electron chi connectivity index (χ1n) is 10.1. The molecule has 0 bridgehead atoms. The van der Waals surface area contributed by atoms with Gasteiger partial charge in [0.15, 0.2) is 0 Å². The van der Waals surface area contributed by atoms with E-state index in [0.29, 0.717) is 5.57 Å². The van der Waals surface area contributed by atoms with Gasteiger partial charge in [0.25, 0.3) is 5.91 Å². The highest BCUT2D eigenvalue weighted by atomic mass is 16.2. The summed E-state index contributed by atoms with van der Waals surface area (Å²) < 4.78 is 0. The molecule has 4 rings (SSSR count). The molecular formula is C25H27N3O. The Kier molecular flexibility index (Phi) is 4.65. The molecule has 4 nitrogen and oxygen atoms in total. The van der Waals surface area contributed by atoms with E-state index in [9.17, 15) is 4.79 Å². The van der Waals surface area contributed by atoms with E-state index in [4.69, 9.17) is 0 Å². The predicted octanol–water partition coefficient (Wildman–Crippen LogP) is 5.51. The molecule has 0 saturated heterocycles. The molecule has 0 atom stereocenters. The van der Waals surface area contributed by atoms with Crippen LogP contribution in [-0.4, -0.2) is 23.7 Å². The van der Waals surface area contributed by atoms with Gasteiger partial charge in [-0.1, -0.05) is 30.3 Å². The number of hydrazone groups is 1. The van der Waals surface area contributed by atoms with Crippen LogP contribution in [-0.2, 0) is 4.79 Å². The molecule has 2 aromatic carbocycles. The van der Waals surface area contributed by atoms with Crippen LogP contribution in [0.15, 0.2) is 65.3 Å². The van der Waals surface area contributed by atoms with Crippen LogP contribution in [0.1, 0.15) is 45.7 Å². The summed E-state index contributed by atoms with van der Waals surface area (Å²) in [5.41, 5.74) is 6.90. The minimum atomic E-state index is -0.0880. The highest BCUT2D eigenvalue weighted by molar-refractivity contribution is 6.32. The number of anilines is 2. The lowest BCUT2D eigenvalue weighted by atomic mass is 9.88. The molecule has 148 valence electrons. The van der Waals surface area contributed by atoms with Gasteiger partial charge in [0.1, 0.15) is 0 Å². The summed E-state index contributed by atoms with van der Waals surface area (Å²) in [5.74, 6) is -0.0880. The normalized spacial score (nSPS) is 19.3. The Bertz CT molecular complexity index is 1060. The Balaban J connectivity index is 1.71. The lowest BCUT2D eigenvalue weighted by Crippen LogP contribution is -2.44. The maximum Gasteiger partial charge on any atom is 0.280 e. The summed E-state index contributed by atoms with van der Waals surface area (Å²) in [6.07, 6.45) is 4.27. The number of nitrogens with zero attached hydrogens (tertiary/aromatic N) is 3. The van der Waals surface area contributed by atoms with E-state index in [1.165, 1.54) is 21.8 Å². The minimum Gasteiger partial charge on any atom is -0.363 e. The van der Waals surface area contributed by atoms with Gasteiger partial charge in [0.05, 0.1) is 22.5 Å². The minimum absolute atomic E-state index is 0.00728. The van der Waals surface area contributed by atoms with Crippen molar-refractivity contribution in [2.45, 2.75) is 40.2 Å². The van der Waals surface area contributed by atoms with Crippen molar-refractivity contribution in [1.82, 2.24) is 0 Å². The number of fused-ring (bicyclic) bond motifs is 1. The van der Waals surface area contributed by atoms with Gasteiger partial charge in [0.2, 0.25) is 0 Å². The maximum atomic E-state index is 13.0. The molecule has 0 spiro atoms. The van der Waals surface area contributed by atoms with Crippen LogP contribution in [0.4, 0.5) is 11.4 Å². The third-order valence-electron chi connectivity index (χ3n) is 5.69. The average Bonchev–Trinajstić information content (AvgIpc) is 2.97. The molecular weight excluding hydrogens is 358 g/mol. The zero-order valence-corrected chi connectivity index (χ0v) is 17.7. The number of likely N-dealkylation sites (N-methyl/N-ethyl adjacent to an activating group) is 1. The maximum absolute atomic E-state index is 13.0. The Labute approximate surface area is 172 Å². The van der Waals surface area contributed by atoms with Crippen LogP contribution < -0.4 is 9.91 Å². The van der Waals surface area contributed by atoms with Crippen molar-refractivity contribution in [2.75, 3.05) is 16.5 Å². The second kappa shape index (κ2) is 7.03. The van der Waals surface area contributed by atoms with Crippen molar-refractivity contribution in [2.24, 2.45) is 5.10 Å². The third kappa shape index (κ3) is 3.29. The van der Waals surface area contributed by atoms with Gasteiger partial charge >= 0.3 is 0 Å². The van der Waals surface area contributed by atoms with E-state index < -0.39 is 0 Å². The van der Waals surface area contributed by atoms with Gasteiger partial charge < -0.3 is 4.90 Å². The van der Waals surface area contributed by atoms with Crippen molar-refractivity contribution in [3.05, 3.63) is 71.3 Å². The molecule has 0 saturated carbocycles. The van der Waals surface area contributed by atoms with Gasteiger partial charge in [-0.2, -0.15) is 10.1 Å². The molecule has 0 radical (unpaired) electrons. The first-order valence-corrected chi connectivity index (χ1v) is 10.1. The number of allylic oxidation sites excluding steroid dienone is 1. The van der Waals surface area contributed by atoms with Crippen LogP contribution >= 0.6 is 0 Å². The van der Waals surface area contributed by atoms with E-state index in [1.54, 1.807) is 0 Å². The lowest BCUT2D eigenvalue weighted by molar-refractivity contribution is -0.114. The van der Waals surface area contributed by atoms with Crippen molar-refractivity contribution in [1.29, 1.82) is 0 Å². The highest BCUT2D eigenvalue weighted by Crippen LogP contribution is 2.39. The molecule has 1 amide bonds. The van der Waals surface area contributed by atoms with Gasteiger partial charge in [0, 0.05) is 17.8 Å². The third-order valence-corrected chi connectivity index (χ3v) is 5.69. The number of carbonyl (C=O) groups is 1. The molecule has 2 heterocycles. The molecule has 0 aliphatic carbocycles. The molecule has 29 heavy (non-hydrogen) atoms. The van der Waals surface area contributed by atoms with Crippen LogP contribution in [0.5, 0.6) is 0 Å². The van der Waals surface area contributed by atoms with Gasteiger partial charge in [-0.15, -0.1) is 0 Å². The van der Waals surface area contributed by atoms with E-state index in [1.807, 2.05) is 43.3 Å². The number of benzene rings is 2. The summed E-state index contributed by atoms with van der Waals surface area (Å²) in [6, 6.07) is 16.0. The zero-order chi connectivity index (χ0) is 20.8. The second-order valence-electron chi connectivity index (χ2n) is 8.20. The predicted molar refractivity (Wildman–Crippen MR) is 122 cm³/mol. The molecule has 2 aliphatic heterocycles. The lowest BCUT2D eigenvalue weighted by Gasteiger charge is -2.42. The Morgan fingerprint density at radius 3 is 2.48 bits per heavy atom. The van der Waals surface area contributed by atoms with Crippen molar-refractivity contribution >= 4 is 34.6 Å². The first kappa shape index (κ1) is 19.2. The number of para-hydroxylation sites is 1. The quantitative estimate of drug-likeness (QED) is 0.653. The summed E-state index contributed by atoms with van der Waals surface area (Å²) in [6.45, 7) is 11.7. The van der Waals surface area contributed by atoms with Crippen LogP contribution in [0, 0.1) is 0 Å². The SMILES string of the molecule is CCN1c2ccc(/C=C3/C(=O)N(c4ccccc4)N=C3C)cc2C(C)=CC1(C)C. The average molecular weight is 386 g/mol. The fourth-order valence-corrected chi connectivity index (χ4v) is 4.36. The first-order chi connectivity index (χ1) is 13.8. The van der Waals surface area contributed by atoms with Gasteiger partial charge in [-0.3, -0.25) is 4.79 Å². The number of carbonyl (C=O) groups excluding carboxylic acids is 1. The number of amides is 1. The number of hydrogen-bond donors (Lipinski definition) is 0. The molecule has 2 aliphatic rings. The summed E-state index contributed by atoms with van der Waals surface area (Å²) in [7, 11) is 0. The van der Waals surface area contributed by atoms with Crippen molar-refractivity contribution < 1.29 is 4.79 Å². The summed E-state index contributed by atoms with van der Waals surface area (Å²) >= 11 is 0. The van der Waals surface area contributed by atoms with Crippen molar-refractivity contribution in [3.63, 3.8) is 0 Å². The molecule has 0 aromatic heterocycles. The topological polar surface area (TPSA) is 35.9 Å². The van der Waals surface area contributed by atoms with Crippen LogP contribution in [0.2, 0.25) is 0 Å². The molecule has 4 heteroatoms. The monoisotopic (exact) mass is 385 g/mol. The van der Waals surface area contributed by atoms with E-state index in [-0.39, 0.29) is 11.4 Å². The van der Waals surface area contributed by atoms with Crippen LogP contribution in [0.3, 0.4) is 0 Å². The molecule has 0 N–H and O–H groups in total. The molecule has 2 aromatic rings. The van der Waals surface area contributed by atoms with Gasteiger partial charge in [-0.05, 0) is 76.1 Å². The molecule has 0 unspecified atom stereocenters. The second-order valence-corrected chi connectivity index (χ2v) is 8.20. The standard InChI is InChI=1S/C25H27N3O/c1-6-27-23-13-12-19(14-21(23)17(2)16-25(27,4)5)15-22-18(3)26-28(24(22)29)20-10-8-7-9-11-20/h7-16H,6H2,1-5H3/b22-15+. The fourth-order valence-electron chi connectivity index (χ4n) is 4.36. The largest absolute Gasteiger partial charge is 0.363 e. The fraction of sp³-hybridized carbons (Fsp3) is 0.280. The summed E-state index contributed by atoms with van der Waals surface area (Å²) in [5, 5.41) is 5.95.